The largest absolute Gasteiger partial charge is 0.491 e. The molecule has 1 fully saturated rings. The van der Waals surface area contributed by atoms with Crippen molar-refractivity contribution in [2.75, 3.05) is 18.1 Å². The maximum atomic E-state index is 13.3. The van der Waals surface area contributed by atoms with Gasteiger partial charge in [-0.25, -0.2) is 9.37 Å². The van der Waals surface area contributed by atoms with E-state index in [1.165, 1.54) is 17.7 Å². The number of anilines is 1. The lowest BCUT2D eigenvalue weighted by Crippen LogP contribution is -2.24. The van der Waals surface area contributed by atoms with E-state index in [4.69, 9.17) is 9.72 Å². The first-order chi connectivity index (χ1) is 16.0. The number of hydrogen-bond donors (Lipinski definition) is 0. The fraction of sp³-hybridized carbons (Fsp3) is 0.259. The van der Waals surface area contributed by atoms with Crippen molar-refractivity contribution in [2.24, 2.45) is 0 Å². The van der Waals surface area contributed by atoms with E-state index in [9.17, 15) is 9.18 Å². The van der Waals surface area contributed by atoms with E-state index in [2.05, 4.69) is 30.5 Å². The van der Waals surface area contributed by atoms with Crippen LogP contribution in [0.5, 0.6) is 5.75 Å². The molecule has 6 heteroatoms. The molecule has 5 rings (SSSR count). The minimum Gasteiger partial charge on any atom is -0.491 e. The number of ether oxygens (including phenoxy) is 1. The molecule has 0 N–H and O–H groups in total. The molecule has 1 aromatic heterocycles. The molecule has 0 bridgehead atoms. The normalized spacial score (nSPS) is 16.0. The number of amides is 1. The van der Waals surface area contributed by atoms with Crippen LogP contribution >= 0.6 is 0 Å². The zero-order valence-electron chi connectivity index (χ0n) is 18.8. The predicted molar refractivity (Wildman–Crippen MR) is 127 cm³/mol. The van der Waals surface area contributed by atoms with Crippen molar-refractivity contribution in [1.82, 2.24) is 9.55 Å². The molecular weight excluding hydrogens is 417 g/mol. The standard InChI is InChI=1S/C27H26FN3O2/c1-18-6-5-9-25(19(18)2)33-15-14-30-24-8-4-3-7-23(24)29-27(30)20-16-26(32)31(17-20)22-12-10-21(28)11-13-22/h3-13,20H,14-17H2,1-2H3. The van der Waals surface area contributed by atoms with Gasteiger partial charge in [0.2, 0.25) is 5.91 Å². The summed E-state index contributed by atoms with van der Waals surface area (Å²) in [6.07, 6.45) is 0.374. The fourth-order valence-corrected chi connectivity index (χ4v) is 4.52. The molecule has 4 aromatic rings. The van der Waals surface area contributed by atoms with Crippen molar-refractivity contribution >= 4 is 22.6 Å². The summed E-state index contributed by atoms with van der Waals surface area (Å²) in [4.78, 5) is 19.4. The van der Waals surface area contributed by atoms with Gasteiger partial charge in [-0.1, -0.05) is 24.3 Å². The number of para-hydroxylation sites is 2. The van der Waals surface area contributed by atoms with Crippen LogP contribution in [0.2, 0.25) is 0 Å². The molecule has 2 heterocycles. The molecule has 33 heavy (non-hydrogen) atoms. The first kappa shape index (κ1) is 21.2. The van der Waals surface area contributed by atoms with Crippen molar-refractivity contribution in [3.63, 3.8) is 0 Å². The van der Waals surface area contributed by atoms with Crippen LogP contribution in [0, 0.1) is 19.7 Å². The maximum absolute atomic E-state index is 13.3. The summed E-state index contributed by atoms with van der Waals surface area (Å²) in [5, 5.41) is 0. The first-order valence-electron chi connectivity index (χ1n) is 11.2. The topological polar surface area (TPSA) is 47.4 Å². The third-order valence-corrected chi connectivity index (χ3v) is 6.44. The molecule has 1 unspecified atom stereocenters. The lowest BCUT2D eigenvalue weighted by atomic mass is 10.1. The number of carbonyl (C=O) groups is 1. The van der Waals surface area contributed by atoms with Gasteiger partial charge in [-0.3, -0.25) is 4.79 Å². The summed E-state index contributed by atoms with van der Waals surface area (Å²) in [6.45, 7) is 5.79. The van der Waals surface area contributed by atoms with Crippen molar-refractivity contribution < 1.29 is 13.9 Å². The monoisotopic (exact) mass is 443 g/mol. The van der Waals surface area contributed by atoms with Gasteiger partial charge in [-0.2, -0.15) is 0 Å². The highest BCUT2D eigenvalue weighted by molar-refractivity contribution is 5.96. The van der Waals surface area contributed by atoms with Gasteiger partial charge < -0.3 is 14.2 Å². The second-order valence-electron chi connectivity index (χ2n) is 8.54. The lowest BCUT2D eigenvalue weighted by molar-refractivity contribution is -0.117. The average Bonchev–Trinajstić information content (AvgIpc) is 3.38. The van der Waals surface area contributed by atoms with Crippen LogP contribution in [0.25, 0.3) is 11.0 Å². The van der Waals surface area contributed by atoms with E-state index in [1.54, 1.807) is 17.0 Å². The first-order valence-corrected chi connectivity index (χ1v) is 11.2. The second-order valence-corrected chi connectivity index (χ2v) is 8.54. The highest BCUT2D eigenvalue weighted by Gasteiger charge is 2.34. The van der Waals surface area contributed by atoms with Gasteiger partial charge in [0, 0.05) is 24.6 Å². The number of rotatable bonds is 6. The Balaban J connectivity index is 1.40. The molecule has 0 saturated carbocycles. The number of aromatic nitrogens is 2. The van der Waals surface area contributed by atoms with Crippen LogP contribution < -0.4 is 9.64 Å². The molecule has 1 aliphatic rings. The van der Waals surface area contributed by atoms with E-state index < -0.39 is 0 Å². The van der Waals surface area contributed by atoms with Crippen LogP contribution in [0.15, 0.2) is 66.7 Å². The number of benzene rings is 3. The fourth-order valence-electron chi connectivity index (χ4n) is 4.52. The van der Waals surface area contributed by atoms with E-state index >= 15 is 0 Å². The summed E-state index contributed by atoms with van der Waals surface area (Å²) in [6, 6.07) is 20.2. The summed E-state index contributed by atoms with van der Waals surface area (Å²) in [5.41, 5.74) is 5.00. The number of hydrogen-bond acceptors (Lipinski definition) is 3. The molecule has 1 amide bonds. The molecule has 168 valence electrons. The van der Waals surface area contributed by atoms with Crippen molar-refractivity contribution in [3.05, 3.63) is 89.5 Å². The van der Waals surface area contributed by atoms with E-state index in [-0.39, 0.29) is 17.6 Å². The van der Waals surface area contributed by atoms with Gasteiger partial charge >= 0.3 is 0 Å². The molecule has 0 spiro atoms. The SMILES string of the molecule is Cc1cccc(OCCn2c(C3CC(=O)N(c4ccc(F)cc4)C3)nc3ccccc32)c1C. The minimum absolute atomic E-state index is 0.0249. The Morgan fingerprint density at radius 3 is 2.64 bits per heavy atom. The quantitative estimate of drug-likeness (QED) is 0.401. The maximum Gasteiger partial charge on any atom is 0.227 e. The number of nitrogens with zero attached hydrogens (tertiary/aromatic N) is 3. The van der Waals surface area contributed by atoms with Gasteiger partial charge in [0.15, 0.2) is 0 Å². The van der Waals surface area contributed by atoms with E-state index in [0.29, 0.717) is 31.8 Å². The summed E-state index contributed by atoms with van der Waals surface area (Å²) in [7, 11) is 0. The highest BCUT2D eigenvalue weighted by Crippen LogP contribution is 2.33. The van der Waals surface area contributed by atoms with Crippen molar-refractivity contribution in [1.29, 1.82) is 0 Å². The summed E-state index contributed by atoms with van der Waals surface area (Å²) >= 11 is 0. The van der Waals surface area contributed by atoms with Crippen LogP contribution in [-0.2, 0) is 11.3 Å². The molecule has 3 aromatic carbocycles. The molecule has 5 nitrogen and oxygen atoms in total. The molecule has 0 aliphatic carbocycles. The third-order valence-electron chi connectivity index (χ3n) is 6.44. The van der Waals surface area contributed by atoms with Crippen molar-refractivity contribution in [2.45, 2.75) is 32.7 Å². The zero-order valence-corrected chi connectivity index (χ0v) is 18.8. The Bertz CT molecular complexity index is 1310. The zero-order chi connectivity index (χ0) is 22.9. The minimum atomic E-state index is -0.312. The van der Waals surface area contributed by atoms with E-state index in [0.717, 1.165) is 28.2 Å². The van der Waals surface area contributed by atoms with Crippen LogP contribution in [-0.4, -0.2) is 28.6 Å². The van der Waals surface area contributed by atoms with Crippen LogP contribution in [0.4, 0.5) is 10.1 Å². The molecule has 1 saturated heterocycles. The van der Waals surface area contributed by atoms with Gasteiger partial charge in [0.05, 0.1) is 17.6 Å². The summed E-state index contributed by atoms with van der Waals surface area (Å²) < 4.78 is 21.6. The van der Waals surface area contributed by atoms with Crippen LogP contribution in [0.1, 0.15) is 29.3 Å². The summed E-state index contributed by atoms with van der Waals surface area (Å²) in [5.74, 6) is 1.44. The molecule has 0 radical (unpaired) electrons. The van der Waals surface area contributed by atoms with Crippen molar-refractivity contribution in [3.8, 4) is 5.75 Å². The number of fused-ring (bicyclic) bond motifs is 1. The molecule has 1 aliphatic heterocycles. The highest BCUT2D eigenvalue weighted by atomic mass is 19.1. The van der Waals surface area contributed by atoms with Crippen LogP contribution in [0.3, 0.4) is 0 Å². The van der Waals surface area contributed by atoms with Gasteiger partial charge in [0.25, 0.3) is 0 Å². The third kappa shape index (κ3) is 4.09. The Kier molecular flexibility index (Phi) is 5.58. The van der Waals surface area contributed by atoms with E-state index in [1.807, 2.05) is 30.3 Å². The van der Waals surface area contributed by atoms with Gasteiger partial charge in [0.1, 0.15) is 24.0 Å². The smallest absolute Gasteiger partial charge is 0.227 e. The van der Waals surface area contributed by atoms with Gasteiger partial charge in [-0.15, -0.1) is 0 Å². The number of imidazole rings is 1. The predicted octanol–water partition coefficient (Wildman–Crippen LogP) is 5.39. The molecular formula is C27H26FN3O2. The Morgan fingerprint density at radius 2 is 1.82 bits per heavy atom. The number of halogens is 1. The Morgan fingerprint density at radius 1 is 1.03 bits per heavy atom. The lowest BCUT2D eigenvalue weighted by Gasteiger charge is -2.18. The molecule has 1 atom stereocenters. The Hall–Kier alpha value is -3.67. The Labute approximate surface area is 192 Å². The second kappa shape index (κ2) is 8.70. The average molecular weight is 444 g/mol. The van der Waals surface area contributed by atoms with Gasteiger partial charge in [-0.05, 0) is 67.4 Å². The number of aryl methyl sites for hydroxylation is 1. The number of carbonyl (C=O) groups excluding carboxylic acids is 1.